The Balaban J connectivity index is 1.34. The lowest BCUT2D eigenvalue weighted by Crippen LogP contribution is -2.20. The molecule has 0 atom stereocenters. The summed E-state index contributed by atoms with van der Waals surface area (Å²) >= 11 is 5.88. The molecule has 6 heteroatoms. The Morgan fingerprint density at radius 1 is 1.15 bits per heavy atom. The van der Waals surface area contributed by atoms with E-state index in [1.54, 1.807) is 12.1 Å². The predicted octanol–water partition coefficient (Wildman–Crippen LogP) is 4.92. The van der Waals surface area contributed by atoms with Gasteiger partial charge in [-0.3, -0.25) is 4.79 Å². The minimum atomic E-state index is 0.0804. The Morgan fingerprint density at radius 2 is 1.89 bits per heavy atom. The molecule has 5 nitrogen and oxygen atoms in total. The van der Waals surface area contributed by atoms with Crippen LogP contribution in [0.4, 0.5) is 5.69 Å². The molecule has 27 heavy (non-hydrogen) atoms. The second kappa shape index (κ2) is 7.69. The third kappa shape index (κ3) is 3.98. The molecule has 1 aliphatic carbocycles. The van der Waals surface area contributed by atoms with Crippen LogP contribution >= 0.6 is 11.6 Å². The third-order valence-electron chi connectivity index (χ3n) is 5.52. The normalized spacial score (nSPS) is 19.9. The van der Waals surface area contributed by atoms with Gasteiger partial charge in [0.15, 0.2) is 5.65 Å². The summed E-state index contributed by atoms with van der Waals surface area (Å²) in [6.45, 7) is 0. The van der Waals surface area contributed by atoms with E-state index in [1.807, 2.05) is 36.3 Å². The number of aryl methyl sites for hydroxylation is 1. The molecule has 0 aliphatic heterocycles. The van der Waals surface area contributed by atoms with Crippen LogP contribution in [0.2, 0.25) is 5.02 Å². The predicted molar refractivity (Wildman–Crippen MR) is 108 cm³/mol. The van der Waals surface area contributed by atoms with Gasteiger partial charge in [0.1, 0.15) is 5.52 Å². The average Bonchev–Trinajstić information content (AvgIpc) is 3.06. The Kier molecular flexibility index (Phi) is 5.12. The number of amides is 1. The smallest absolute Gasteiger partial charge is 0.224 e. The van der Waals surface area contributed by atoms with E-state index in [2.05, 4.69) is 21.4 Å². The lowest BCUT2D eigenvalue weighted by Gasteiger charge is -2.28. The molecular weight excluding hydrogens is 360 g/mol. The van der Waals surface area contributed by atoms with Gasteiger partial charge in [0.05, 0.1) is 6.33 Å². The van der Waals surface area contributed by atoms with E-state index in [0.717, 1.165) is 42.5 Å². The zero-order valence-corrected chi connectivity index (χ0v) is 16.1. The van der Waals surface area contributed by atoms with E-state index in [9.17, 15) is 4.79 Å². The van der Waals surface area contributed by atoms with Crippen molar-refractivity contribution >= 4 is 34.4 Å². The second-order valence-electron chi connectivity index (χ2n) is 7.40. The zero-order valence-electron chi connectivity index (χ0n) is 15.4. The monoisotopic (exact) mass is 382 g/mol. The van der Waals surface area contributed by atoms with Crippen LogP contribution in [0, 0.1) is 5.92 Å². The largest absolute Gasteiger partial charge is 0.326 e. The van der Waals surface area contributed by atoms with Crippen molar-refractivity contribution in [3.63, 3.8) is 0 Å². The molecule has 1 N–H and O–H groups in total. The van der Waals surface area contributed by atoms with Gasteiger partial charge in [-0.05, 0) is 73.4 Å². The van der Waals surface area contributed by atoms with Gasteiger partial charge in [0.2, 0.25) is 5.91 Å². The van der Waals surface area contributed by atoms with Crippen LogP contribution in [0.15, 0.2) is 42.9 Å². The van der Waals surface area contributed by atoms with Crippen molar-refractivity contribution in [2.45, 2.75) is 38.0 Å². The zero-order chi connectivity index (χ0) is 18.8. The molecule has 140 valence electrons. The van der Waals surface area contributed by atoms with Crippen molar-refractivity contribution in [1.29, 1.82) is 0 Å². The minimum absolute atomic E-state index is 0.0804. The number of fused-ring (bicyclic) bond motifs is 1. The van der Waals surface area contributed by atoms with E-state index >= 15 is 0 Å². The number of hydrogen-bond donors (Lipinski definition) is 1. The topological polar surface area (TPSA) is 59.8 Å². The van der Waals surface area contributed by atoms with Crippen molar-refractivity contribution in [3.8, 4) is 0 Å². The first-order chi connectivity index (χ1) is 13.1. The third-order valence-corrected chi connectivity index (χ3v) is 5.77. The van der Waals surface area contributed by atoms with Crippen LogP contribution in [-0.2, 0) is 11.8 Å². The highest BCUT2D eigenvalue weighted by Gasteiger charge is 2.26. The van der Waals surface area contributed by atoms with Gasteiger partial charge >= 0.3 is 0 Å². The van der Waals surface area contributed by atoms with E-state index in [0.29, 0.717) is 23.3 Å². The van der Waals surface area contributed by atoms with Crippen LogP contribution in [0.1, 0.15) is 43.6 Å². The number of imidazole rings is 1. The van der Waals surface area contributed by atoms with Gasteiger partial charge in [-0.2, -0.15) is 0 Å². The highest BCUT2D eigenvalue weighted by molar-refractivity contribution is 6.30. The standard InChI is InChI=1S/C21H23ClN4O/c1-26-13-24-20-18(10-11-23-21(20)26)15-4-2-14(3-5-15)12-19(27)25-17-8-6-16(22)7-9-17/h6-11,13-15H,2-5,12H2,1H3,(H,25,27). The number of nitrogens with one attached hydrogen (secondary N) is 1. The molecule has 1 fully saturated rings. The van der Waals surface area contributed by atoms with Crippen LogP contribution in [0.25, 0.3) is 11.2 Å². The van der Waals surface area contributed by atoms with Crippen LogP contribution in [0.3, 0.4) is 0 Å². The quantitative estimate of drug-likeness (QED) is 0.696. The molecule has 3 aromatic rings. The number of aromatic nitrogens is 3. The highest BCUT2D eigenvalue weighted by atomic mass is 35.5. The molecule has 1 amide bonds. The number of halogens is 1. The first kappa shape index (κ1) is 18.0. The number of carbonyl (C=O) groups excluding carboxylic acids is 1. The molecule has 0 bridgehead atoms. The number of benzene rings is 1. The van der Waals surface area contributed by atoms with Gasteiger partial charge in [-0.25, -0.2) is 9.97 Å². The fourth-order valence-electron chi connectivity index (χ4n) is 4.06. The van der Waals surface area contributed by atoms with Gasteiger partial charge in [0, 0.05) is 30.4 Å². The molecule has 2 heterocycles. The van der Waals surface area contributed by atoms with E-state index in [1.165, 1.54) is 5.56 Å². The van der Waals surface area contributed by atoms with Crippen molar-refractivity contribution in [2.75, 3.05) is 5.32 Å². The van der Waals surface area contributed by atoms with Crippen molar-refractivity contribution in [1.82, 2.24) is 14.5 Å². The van der Waals surface area contributed by atoms with Crippen LogP contribution in [0.5, 0.6) is 0 Å². The summed E-state index contributed by atoms with van der Waals surface area (Å²) in [5.41, 5.74) is 4.05. The molecule has 4 rings (SSSR count). The summed E-state index contributed by atoms with van der Waals surface area (Å²) in [5.74, 6) is 1.02. The summed E-state index contributed by atoms with van der Waals surface area (Å²) in [6.07, 6.45) is 8.59. The number of pyridine rings is 1. The van der Waals surface area contributed by atoms with Crippen LogP contribution in [-0.4, -0.2) is 20.4 Å². The molecule has 0 saturated heterocycles. The van der Waals surface area contributed by atoms with Gasteiger partial charge in [-0.15, -0.1) is 0 Å². The maximum atomic E-state index is 12.3. The van der Waals surface area contributed by atoms with E-state index in [4.69, 9.17) is 11.6 Å². The summed E-state index contributed by atoms with van der Waals surface area (Å²) in [4.78, 5) is 21.3. The summed E-state index contributed by atoms with van der Waals surface area (Å²) in [7, 11) is 1.97. The Morgan fingerprint density at radius 3 is 2.63 bits per heavy atom. The number of carbonyl (C=O) groups is 1. The average molecular weight is 383 g/mol. The van der Waals surface area contributed by atoms with Crippen molar-refractivity contribution < 1.29 is 4.79 Å². The van der Waals surface area contributed by atoms with Crippen LogP contribution < -0.4 is 5.32 Å². The molecular formula is C21H23ClN4O. The first-order valence-electron chi connectivity index (χ1n) is 9.41. The molecule has 0 spiro atoms. The Labute approximate surface area is 163 Å². The molecule has 1 aliphatic rings. The number of nitrogens with zero attached hydrogens (tertiary/aromatic N) is 3. The second-order valence-corrected chi connectivity index (χ2v) is 7.84. The minimum Gasteiger partial charge on any atom is -0.326 e. The fraction of sp³-hybridized carbons (Fsp3) is 0.381. The summed E-state index contributed by atoms with van der Waals surface area (Å²) in [6, 6.07) is 9.34. The number of anilines is 1. The Bertz CT molecular complexity index is 942. The van der Waals surface area contributed by atoms with Gasteiger partial charge in [0.25, 0.3) is 0 Å². The highest BCUT2D eigenvalue weighted by Crippen LogP contribution is 2.39. The number of hydrogen-bond acceptors (Lipinski definition) is 3. The van der Waals surface area contributed by atoms with E-state index < -0.39 is 0 Å². The molecule has 0 unspecified atom stereocenters. The molecule has 1 aromatic carbocycles. The number of rotatable bonds is 4. The summed E-state index contributed by atoms with van der Waals surface area (Å²) in [5, 5.41) is 3.64. The lowest BCUT2D eigenvalue weighted by atomic mass is 9.77. The Hall–Kier alpha value is -2.40. The van der Waals surface area contributed by atoms with E-state index in [-0.39, 0.29) is 5.91 Å². The summed E-state index contributed by atoms with van der Waals surface area (Å²) < 4.78 is 1.96. The van der Waals surface area contributed by atoms with Crippen molar-refractivity contribution in [2.24, 2.45) is 13.0 Å². The lowest BCUT2D eigenvalue weighted by molar-refractivity contribution is -0.117. The SMILES string of the molecule is Cn1cnc2c(C3CCC(CC(=O)Nc4ccc(Cl)cc4)CC3)ccnc21. The van der Waals surface area contributed by atoms with Gasteiger partial charge < -0.3 is 9.88 Å². The van der Waals surface area contributed by atoms with Crippen molar-refractivity contribution in [3.05, 3.63) is 53.4 Å². The molecule has 1 saturated carbocycles. The molecule has 0 radical (unpaired) electrons. The maximum Gasteiger partial charge on any atom is 0.224 e. The molecule has 2 aromatic heterocycles. The van der Waals surface area contributed by atoms with Gasteiger partial charge in [-0.1, -0.05) is 11.6 Å². The first-order valence-corrected chi connectivity index (χ1v) is 9.79. The fourth-order valence-corrected chi connectivity index (χ4v) is 4.19. The maximum absolute atomic E-state index is 12.3.